The summed E-state index contributed by atoms with van der Waals surface area (Å²) in [6.45, 7) is 45.3. The van der Waals surface area contributed by atoms with Gasteiger partial charge in [0.25, 0.3) is 0 Å². The summed E-state index contributed by atoms with van der Waals surface area (Å²) < 4.78 is 38.7. The van der Waals surface area contributed by atoms with Gasteiger partial charge in [-0.3, -0.25) is 0 Å². The average molecular weight is 935 g/mol. The Balaban J connectivity index is -0.0000000155. The molecule has 0 heterocycles. The SMILES string of the molecule is CCOCC.CCOCC.CCOCC.CCOCC.CCOCC.CCOCC.CCOCC.CCOCC.[CH3-].[CH3-].[CH3-].[CH3-].[CH3-].[CH3-].[Li+].[Li+].[U+4]. The van der Waals surface area contributed by atoms with E-state index in [0.29, 0.717) is 0 Å². The van der Waals surface area contributed by atoms with Gasteiger partial charge < -0.3 is 82.5 Å². The van der Waals surface area contributed by atoms with Crippen LogP contribution in [0.15, 0.2) is 0 Å². The number of hydrogen-bond acceptors (Lipinski definition) is 8. The Morgan fingerprint density at radius 2 is 0.224 bits per heavy atom. The molecule has 0 fully saturated rings. The zero-order chi connectivity index (χ0) is 33.0. The van der Waals surface area contributed by atoms with Gasteiger partial charge in [-0.15, -0.1) is 0 Å². The molecule has 0 amide bonds. The molecule has 0 N–H and O–H groups in total. The predicted molar refractivity (Wildman–Crippen MR) is 216 cm³/mol. The molecule has 0 unspecified atom stereocenters. The summed E-state index contributed by atoms with van der Waals surface area (Å²) in [6, 6.07) is 0. The second kappa shape index (κ2) is 178. The van der Waals surface area contributed by atoms with Gasteiger partial charge in [-0.2, -0.15) is 0 Å². The Kier molecular flexibility index (Phi) is 400. The first-order chi connectivity index (χ1) is 19.3. The van der Waals surface area contributed by atoms with Crippen LogP contribution in [0.2, 0.25) is 0 Å². The third kappa shape index (κ3) is 357. The van der Waals surface area contributed by atoms with Crippen LogP contribution in [0.25, 0.3) is 0 Å². The standard InChI is InChI=1S/8C4H10O.6CH3.2Li.U/c8*1-3-5-4-2;;;;;;;;;/h8*3-4H2,1-2H3;6*1H3;;;/q;;;;;;;;6*-1;2*+1;+4. The summed E-state index contributed by atoms with van der Waals surface area (Å²) in [5.74, 6) is 0. The second-order valence-corrected chi connectivity index (χ2v) is 6.25. The van der Waals surface area contributed by atoms with Crippen LogP contribution >= 0.6 is 0 Å². The average Bonchev–Trinajstić information content (AvgIpc) is 2.95. The third-order valence-corrected chi connectivity index (χ3v) is 3.27. The maximum absolute atomic E-state index is 4.83. The van der Waals surface area contributed by atoms with Gasteiger partial charge in [0.2, 0.25) is 0 Å². The summed E-state index contributed by atoms with van der Waals surface area (Å²) in [7, 11) is 0. The monoisotopic (exact) mass is 935 g/mol. The predicted octanol–water partition coefficient (Wildman–Crippen LogP) is 5.05. The van der Waals surface area contributed by atoms with Crippen LogP contribution in [0.5, 0.6) is 0 Å². The van der Waals surface area contributed by atoms with Crippen molar-refractivity contribution in [2.75, 3.05) is 106 Å². The van der Waals surface area contributed by atoms with Gasteiger partial charge in [0, 0.05) is 106 Å². The van der Waals surface area contributed by atoms with Gasteiger partial charge in [0.05, 0.1) is 0 Å². The van der Waals surface area contributed by atoms with Crippen LogP contribution in [0.4, 0.5) is 0 Å². The van der Waals surface area contributed by atoms with Gasteiger partial charge in [-0.05, 0) is 111 Å². The molecule has 304 valence electrons. The Hall–Kier alpha value is 1.93. The van der Waals surface area contributed by atoms with Crippen molar-refractivity contribution in [2.24, 2.45) is 0 Å². The van der Waals surface area contributed by atoms with Gasteiger partial charge in [0.15, 0.2) is 0 Å². The van der Waals surface area contributed by atoms with Crippen LogP contribution in [-0.2, 0) is 37.9 Å². The first-order valence-electron chi connectivity index (χ1n) is 15.9. The fraction of sp³-hybridized carbons (Fsp3) is 0.842. The van der Waals surface area contributed by atoms with E-state index in [0.717, 1.165) is 106 Å². The Labute approximate surface area is 365 Å². The van der Waals surface area contributed by atoms with Crippen molar-refractivity contribution < 1.29 is 107 Å². The molecule has 11 heteroatoms. The summed E-state index contributed by atoms with van der Waals surface area (Å²) in [6.07, 6.45) is 0. The maximum atomic E-state index is 4.83. The van der Waals surface area contributed by atoms with E-state index < -0.39 is 0 Å². The van der Waals surface area contributed by atoms with E-state index in [1.54, 1.807) is 0 Å². The minimum absolute atomic E-state index is 0. The molecule has 0 saturated heterocycles. The number of hydrogen-bond donors (Lipinski definition) is 0. The number of rotatable bonds is 16. The van der Waals surface area contributed by atoms with Crippen LogP contribution < -0.4 is 37.7 Å². The molecule has 0 aliphatic rings. The molecule has 0 aromatic heterocycles. The van der Waals surface area contributed by atoms with Crippen molar-refractivity contribution in [3.63, 3.8) is 0 Å². The van der Waals surface area contributed by atoms with E-state index >= 15 is 0 Å². The largest absolute Gasteiger partial charge is 4.00 e. The van der Waals surface area contributed by atoms with Crippen molar-refractivity contribution in [1.82, 2.24) is 0 Å². The molecular weight excluding hydrogens is 836 g/mol. The molecule has 0 spiro atoms. The molecule has 0 saturated carbocycles. The van der Waals surface area contributed by atoms with Crippen molar-refractivity contribution in [3.05, 3.63) is 44.6 Å². The fourth-order valence-corrected chi connectivity index (χ4v) is 1.63. The smallest absolute Gasteiger partial charge is 0.382 e. The molecule has 49 heavy (non-hydrogen) atoms. The van der Waals surface area contributed by atoms with Gasteiger partial charge in [0.1, 0.15) is 0 Å². The Morgan fingerprint density at radius 1 is 0.184 bits per heavy atom. The van der Waals surface area contributed by atoms with E-state index in [1.807, 2.05) is 111 Å². The Bertz CT molecular complexity index is 182. The molecule has 8 nitrogen and oxygen atoms in total. The molecular formula is C38H98Li2O8U. The maximum Gasteiger partial charge on any atom is 4.00 e. The minimum atomic E-state index is 0. The van der Waals surface area contributed by atoms with Crippen LogP contribution in [0.3, 0.4) is 0 Å². The molecule has 0 aromatic carbocycles. The zero-order valence-corrected chi connectivity index (χ0v) is 43.2. The van der Waals surface area contributed by atoms with E-state index in [1.165, 1.54) is 0 Å². The van der Waals surface area contributed by atoms with Crippen LogP contribution in [-0.4, -0.2) is 106 Å². The van der Waals surface area contributed by atoms with E-state index in [-0.39, 0.29) is 113 Å². The van der Waals surface area contributed by atoms with Crippen LogP contribution in [0, 0.1) is 75.7 Å². The molecule has 0 aromatic rings. The topological polar surface area (TPSA) is 73.8 Å². The van der Waals surface area contributed by atoms with Crippen LogP contribution in [0.1, 0.15) is 111 Å². The Morgan fingerprint density at radius 3 is 0.224 bits per heavy atom. The quantitative estimate of drug-likeness (QED) is 0.158. The summed E-state index contributed by atoms with van der Waals surface area (Å²) >= 11 is 0. The van der Waals surface area contributed by atoms with Gasteiger partial charge in [-0.1, -0.05) is 0 Å². The first-order valence-corrected chi connectivity index (χ1v) is 15.9. The molecule has 0 bridgehead atoms. The van der Waals surface area contributed by atoms with E-state index in [2.05, 4.69) is 0 Å². The normalized spacial score (nSPS) is 6.86. The van der Waals surface area contributed by atoms with E-state index in [9.17, 15) is 0 Å². The molecule has 0 radical (unpaired) electrons. The zero-order valence-electron chi connectivity index (χ0n) is 39.1. The number of ether oxygens (including phenoxy) is 8. The second-order valence-electron chi connectivity index (χ2n) is 6.25. The first kappa shape index (κ1) is 110. The summed E-state index contributed by atoms with van der Waals surface area (Å²) in [5.41, 5.74) is 0. The minimum Gasteiger partial charge on any atom is -0.382 e. The van der Waals surface area contributed by atoms with E-state index in [4.69, 9.17) is 37.9 Å². The molecule has 0 aliphatic carbocycles. The molecule has 0 aliphatic heterocycles. The fourth-order valence-electron chi connectivity index (χ4n) is 1.63. The molecule has 0 atom stereocenters. The van der Waals surface area contributed by atoms with Crippen molar-refractivity contribution >= 4 is 0 Å². The van der Waals surface area contributed by atoms with Crippen molar-refractivity contribution in [2.45, 2.75) is 111 Å². The summed E-state index contributed by atoms with van der Waals surface area (Å²) in [4.78, 5) is 0. The summed E-state index contributed by atoms with van der Waals surface area (Å²) in [5, 5.41) is 0. The van der Waals surface area contributed by atoms with Crippen molar-refractivity contribution in [1.29, 1.82) is 0 Å². The van der Waals surface area contributed by atoms with Crippen molar-refractivity contribution in [3.8, 4) is 0 Å². The van der Waals surface area contributed by atoms with Gasteiger partial charge in [-0.25, -0.2) is 0 Å². The van der Waals surface area contributed by atoms with Gasteiger partial charge >= 0.3 is 68.8 Å². The molecule has 0 rings (SSSR count). The third-order valence-electron chi connectivity index (χ3n) is 3.27.